The molecule has 2 heterocycles. The minimum absolute atomic E-state index is 0.0582. The highest BCUT2D eigenvalue weighted by Crippen LogP contribution is 2.37. The molecule has 1 aliphatic heterocycles. The van der Waals surface area contributed by atoms with Gasteiger partial charge in [0.25, 0.3) is 0 Å². The Bertz CT molecular complexity index is 484. The first-order valence-electron chi connectivity index (χ1n) is 6.99. The Kier molecular flexibility index (Phi) is 3.29. The van der Waals surface area contributed by atoms with Crippen molar-refractivity contribution in [2.75, 3.05) is 6.54 Å². The van der Waals surface area contributed by atoms with Gasteiger partial charge in [-0.25, -0.2) is 0 Å². The largest absolute Gasteiger partial charge is 0.435 e. The van der Waals surface area contributed by atoms with Gasteiger partial charge in [0.15, 0.2) is 5.69 Å². The van der Waals surface area contributed by atoms with Crippen LogP contribution in [0, 0.1) is 0 Å². The average molecular weight is 288 g/mol. The molecule has 2 aliphatic rings. The van der Waals surface area contributed by atoms with Crippen LogP contribution in [0.5, 0.6) is 0 Å². The second-order valence-electron chi connectivity index (χ2n) is 5.80. The molecule has 1 aromatic heterocycles. The third-order valence-corrected chi connectivity index (χ3v) is 4.63. The highest BCUT2D eigenvalue weighted by molar-refractivity contribution is 5.15. The van der Waals surface area contributed by atoms with E-state index >= 15 is 0 Å². The highest BCUT2D eigenvalue weighted by Gasteiger charge is 2.45. The first-order chi connectivity index (χ1) is 9.41. The highest BCUT2D eigenvalue weighted by atomic mass is 19.4. The SMILES string of the molecule is Cn1nc(C(F)(F)F)cc1CNC12CCCC1NCC2. The predicted octanol–water partition coefficient (Wildman–Crippen LogP) is 1.81. The van der Waals surface area contributed by atoms with Gasteiger partial charge in [0.05, 0.1) is 5.69 Å². The van der Waals surface area contributed by atoms with Crippen LogP contribution in [0.1, 0.15) is 37.1 Å². The van der Waals surface area contributed by atoms with Gasteiger partial charge in [0, 0.05) is 25.2 Å². The maximum Gasteiger partial charge on any atom is 0.435 e. The van der Waals surface area contributed by atoms with Gasteiger partial charge >= 0.3 is 6.18 Å². The Morgan fingerprint density at radius 1 is 1.50 bits per heavy atom. The fourth-order valence-electron chi connectivity index (χ4n) is 3.51. The molecule has 20 heavy (non-hydrogen) atoms. The van der Waals surface area contributed by atoms with E-state index in [2.05, 4.69) is 15.7 Å². The molecular formula is C13H19F3N4. The van der Waals surface area contributed by atoms with Crippen molar-refractivity contribution in [2.45, 2.75) is 50.0 Å². The van der Waals surface area contributed by atoms with Gasteiger partial charge in [-0.1, -0.05) is 0 Å². The van der Waals surface area contributed by atoms with Crippen LogP contribution in [-0.2, 0) is 19.8 Å². The molecule has 0 spiro atoms. The number of alkyl halides is 3. The van der Waals surface area contributed by atoms with Gasteiger partial charge in [0.1, 0.15) is 0 Å². The first kappa shape index (κ1) is 13.9. The van der Waals surface area contributed by atoms with Crippen molar-refractivity contribution in [1.82, 2.24) is 20.4 Å². The number of hydrogen-bond acceptors (Lipinski definition) is 3. The fraction of sp³-hybridized carbons (Fsp3) is 0.769. The van der Waals surface area contributed by atoms with E-state index in [4.69, 9.17) is 0 Å². The summed E-state index contributed by atoms with van der Waals surface area (Å²) >= 11 is 0. The Labute approximate surface area is 115 Å². The molecule has 1 saturated heterocycles. The maximum absolute atomic E-state index is 12.6. The topological polar surface area (TPSA) is 41.9 Å². The van der Waals surface area contributed by atoms with E-state index in [1.54, 1.807) is 7.05 Å². The third-order valence-electron chi connectivity index (χ3n) is 4.63. The van der Waals surface area contributed by atoms with Crippen molar-refractivity contribution < 1.29 is 13.2 Å². The molecule has 2 unspecified atom stereocenters. The van der Waals surface area contributed by atoms with Gasteiger partial charge in [-0.2, -0.15) is 18.3 Å². The number of fused-ring (bicyclic) bond motifs is 1. The van der Waals surface area contributed by atoms with E-state index in [1.165, 1.54) is 11.1 Å². The van der Waals surface area contributed by atoms with Crippen LogP contribution in [0.2, 0.25) is 0 Å². The lowest BCUT2D eigenvalue weighted by Crippen LogP contribution is -2.50. The second kappa shape index (κ2) is 4.73. The van der Waals surface area contributed by atoms with Crippen LogP contribution < -0.4 is 10.6 Å². The Morgan fingerprint density at radius 2 is 2.30 bits per heavy atom. The van der Waals surface area contributed by atoms with Crippen molar-refractivity contribution >= 4 is 0 Å². The van der Waals surface area contributed by atoms with Gasteiger partial charge in [0.2, 0.25) is 0 Å². The molecular weight excluding hydrogens is 269 g/mol. The molecule has 3 rings (SSSR count). The third kappa shape index (κ3) is 2.33. The molecule has 112 valence electrons. The molecule has 7 heteroatoms. The number of hydrogen-bond donors (Lipinski definition) is 2. The molecule has 1 aliphatic carbocycles. The summed E-state index contributed by atoms with van der Waals surface area (Å²) in [6.07, 6.45) is 0.0748. The minimum atomic E-state index is -4.38. The van der Waals surface area contributed by atoms with Crippen LogP contribution in [0.3, 0.4) is 0 Å². The number of nitrogens with one attached hydrogen (secondary N) is 2. The van der Waals surface area contributed by atoms with E-state index < -0.39 is 11.9 Å². The number of rotatable bonds is 3. The Balaban J connectivity index is 1.71. The minimum Gasteiger partial charge on any atom is -0.312 e. The number of nitrogens with zero attached hydrogens (tertiary/aromatic N) is 2. The molecule has 1 saturated carbocycles. The van der Waals surface area contributed by atoms with Crippen molar-refractivity contribution in [3.8, 4) is 0 Å². The predicted molar refractivity (Wildman–Crippen MR) is 68.0 cm³/mol. The fourth-order valence-corrected chi connectivity index (χ4v) is 3.51. The smallest absolute Gasteiger partial charge is 0.312 e. The maximum atomic E-state index is 12.6. The van der Waals surface area contributed by atoms with Crippen LogP contribution in [0.25, 0.3) is 0 Å². The van der Waals surface area contributed by atoms with E-state index in [0.29, 0.717) is 18.3 Å². The zero-order valence-electron chi connectivity index (χ0n) is 11.4. The number of aromatic nitrogens is 2. The summed E-state index contributed by atoms with van der Waals surface area (Å²) in [4.78, 5) is 0. The first-order valence-corrected chi connectivity index (χ1v) is 6.99. The van der Waals surface area contributed by atoms with Crippen LogP contribution >= 0.6 is 0 Å². The van der Waals surface area contributed by atoms with Gasteiger partial charge < -0.3 is 10.6 Å². The summed E-state index contributed by atoms with van der Waals surface area (Å²) in [5.41, 5.74) is -0.186. The second-order valence-corrected chi connectivity index (χ2v) is 5.80. The summed E-state index contributed by atoms with van der Waals surface area (Å²) in [6, 6.07) is 1.59. The van der Waals surface area contributed by atoms with Crippen molar-refractivity contribution in [3.05, 3.63) is 17.5 Å². The van der Waals surface area contributed by atoms with Gasteiger partial charge in [-0.3, -0.25) is 4.68 Å². The zero-order chi connectivity index (χ0) is 14.4. The van der Waals surface area contributed by atoms with Crippen molar-refractivity contribution in [2.24, 2.45) is 7.05 Å². The lowest BCUT2D eigenvalue weighted by molar-refractivity contribution is -0.141. The zero-order valence-corrected chi connectivity index (χ0v) is 11.4. The molecule has 1 aromatic rings. The summed E-state index contributed by atoms with van der Waals surface area (Å²) in [7, 11) is 1.56. The molecule has 0 bridgehead atoms. The molecule has 4 nitrogen and oxygen atoms in total. The Morgan fingerprint density at radius 3 is 3.00 bits per heavy atom. The summed E-state index contributed by atoms with van der Waals surface area (Å²) < 4.78 is 39.2. The van der Waals surface area contributed by atoms with E-state index in [-0.39, 0.29) is 5.54 Å². The van der Waals surface area contributed by atoms with E-state index in [9.17, 15) is 13.2 Å². The molecule has 0 amide bonds. The molecule has 0 radical (unpaired) electrons. The van der Waals surface area contributed by atoms with Crippen molar-refractivity contribution in [3.63, 3.8) is 0 Å². The lowest BCUT2D eigenvalue weighted by Gasteiger charge is -2.30. The van der Waals surface area contributed by atoms with E-state index in [1.807, 2.05) is 0 Å². The summed E-state index contributed by atoms with van der Waals surface area (Å²) in [6.45, 7) is 1.41. The van der Waals surface area contributed by atoms with Crippen LogP contribution in [0.15, 0.2) is 6.07 Å². The lowest BCUT2D eigenvalue weighted by atomic mass is 9.93. The Hall–Kier alpha value is -1.08. The van der Waals surface area contributed by atoms with Gasteiger partial charge in [-0.05, 0) is 38.3 Å². The average Bonchev–Trinajstić information content (AvgIpc) is 2.98. The van der Waals surface area contributed by atoms with Crippen LogP contribution in [0.4, 0.5) is 13.2 Å². The number of halogens is 3. The van der Waals surface area contributed by atoms with Crippen molar-refractivity contribution in [1.29, 1.82) is 0 Å². The van der Waals surface area contributed by atoms with Gasteiger partial charge in [-0.15, -0.1) is 0 Å². The summed E-state index contributed by atoms with van der Waals surface area (Å²) in [5, 5.41) is 10.5. The standard InChI is InChI=1S/C13H19F3N4/c1-20-9(7-11(19-20)13(14,15)16)8-18-12-4-2-3-10(12)17-6-5-12/h7,10,17-18H,2-6,8H2,1H3. The number of aryl methyl sites for hydroxylation is 1. The summed E-state index contributed by atoms with van der Waals surface area (Å²) in [5.74, 6) is 0. The van der Waals surface area contributed by atoms with E-state index in [0.717, 1.165) is 31.9 Å². The monoisotopic (exact) mass is 288 g/mol. The van der Waals surface area contributed by atoms with Crippen LogP contribution in [-0.4, -0.2) is 27.9 Å². The quantitative estimate of drug-likeness (QED) is 0.891. The molecule has 2 fully saturated rings. The molecule has 0 aromatic carbocycles. The normalized spacial score (nSPS) is 29.9. The molecule has 2 N–H and O–H groups in total. The molecule has 2 atom stereocenters.